The molecule has 1 heterocycles. The predicted molar refractivity (Wildman–Crippen MR) is 153 cm³/mol. The van der Waals surface area contributed by atoms with Gasteiger partial charge in [0.1, 0.15) is 12.4 Å². The number of rotatable bonds is 8. The molecular weight excluding hydrogens is 515 g/mol. The first-order chi connectivity index (χ1) is 18.5. The Bertz CT molecular complexity index is 1660. The molecule has 0 unspecified atom stereocenters. The largest absolute Gasteiger partial charge is 0.318 e. The van der Waals surface area contributed by atoms with Crippen LogP contribution in [0.1, 0.15) is 33.6 Å². The quantitative estimate of drug-likeness (QED) is 0.234. The highest BCUT2D eigenvalue weighted by Crippen LogP contribution is 2.26. The van der Waals surface area contributed by atoms with E-state index >= 15 is 0 Å². The van der Waals surface area contributed by atoms with Crippen molar-refractivity contribution in [1.29, 1.82) is 0 Å². The molecule has 0 fully saturated rings. The third kappa shape index (κ3) is 5.93. The number of hydrazone groups is 1. The number of carbonyl (C=O) groups is 1. The molecule has 1 N–H and O–H groups in total. The van der Waals surface area contributed by atoms with Gasteiger partial charge in [-0.25, -0.2) is 18.2 Å². The molecule has 0 radical (unpaired) electrons. The van der Waals surface area contributed by atoms with Crippen LogP contribution in [0.3, 0.4) is 0 Å². The summed E-state index contributed by atoms with van der Waals surface area (Å²) in [6.45, 7) is 9.24. The van der Waals surface area contributed by atoms with Crippen molar-refractivity contribution >= 4 is 27.8 Å². The summed E-state index contributed by atoms with van der Waals surface area (Å²) in [4.78, 5) is 12.8. The van der Waals surface area contributed by atoms with E-state index in [2.05, 4.69) is 47.1 Å². The fraction of sp³-hybridized carbons (Fsp3) is 0.200. The number of halogens is 1. The summed E-state index contributed by atoms with van der Waals surface area (Å²) in [6.07, 6.45) is 1.51. The minimum Gasteiger partial charge on any atom is -0.318 e. The Kier molecular flexibility index (Phi) is 8.01. The third-order valence-electron chi connectivity index (χ3n) is 6.63. The summed E-state index contributed by atoms with van der Waals surface area (Å²) >= 11 is 0. The van der Waals surface area contributed by atoms with Crippen LogP contribution in [0.4, 0.5) is 10.1 Å². The molecule has 0 aliphatic rings. The molecule has 0 bridgehead atoms. The van der Waals surface area contributed by atoms with Gasteiger partial charge in [0.05, 0.1) is 16.8 Å². The summed E-state index contributed by atoms with van der Waals surface area (Å²) in [5.74, 6) is -1.48. The fourth-order valence-electron chi connectivity index (χ4n) is 4.31. The molecule has 0 saturated carbocycles. The number of anilines is 1. The molecule has 0 aliphatic carbocycles. The SMILES string of the molecule is Cc1ccc(S(=O)(=O)N(CC(=O)N/N=C\c2cc(C)n(-c3ccc(C)c(C)c3)c2C)c2ccccc2F)cc1. The first-order valence-corrected chi connectivity index (χ1v) is 13.9. The van der Waals surface area contributed by atoms with Gasteiger partial charge < -0.3 is 4.57 Å². The van der Waals surface area contributed by atoms with Crippen molar-refractivity contribution in [2.24, 2.45) is 5.10 Å². The fourth-order valence-corrected chi connectivity index (χ4v) is 5.74. The molecule has 202 valence electrons. The highest BCUT2D eigenvalue weighted by molar-refractivity contribution is 7.92. The number of aromatic nitrogens is 1. The van der Waals surface area contributed by atoms with E-state index in [1.54, 1.807) is 12.1 Å². The summed E-state index contributed by atoms with van der Waals surface area (Å²) in [7, 11) is -4.23. The average molecular weight is 547 g/mol. The van der Waals surface area contributed by atoms with E-state index in [0.717, 1.165) is 38.6 Å². The van der Waals surface area contributed by atoms with Crippen LogP contribution in [0.15, 0.2) is 82.8 Å². The van der Waals surface area contributed by atoms with Crippen LogP contribution in [-0.4, -0.2) is 31.7 Å². The average Bonchev–Trinajstić information content (AvgIpc) is 3.17. The Morgan fingerprint density at radius 3 is 2.31 bits per heavy atom. The highest BCUT2D eigenvalue weighted by atomic mass is 32.2. The Balaban J connectivity index is 1.56. The maximum atomic E-state index is 14.7. The molecule has 7 nitrogen and oxygen atoms in total. The lowest BCUT2D eigenvalue weighted by molar-refractivity contribution is -0.119. The van der Waals surface area contributed by atoms with Gasteiger partial charge in [-0.3, -0.25) is 9.10 Å². The summed E-state index contributed by atoms with van der Waals surface area (Å²) in [5.41, 5.74) is 9.18. The first kappa shape index (κ1) is 27.8. The van der Waals surface area contributed by atoms with Crippen LogP contribution in [-0.2, 0) is 14.8 Å². The number of nitrogens with one attached hydrogen (secondary N) is 1. The standard InChI is InChI=1S/C30H31FN4O3S/c1-20-10-14-27(15-11-20)39(37,38)34(29-9-7-6-8-28(29)31)19-30(36)33-32-18-25-17-23(4)35(24(25)5)26-13-12-21(2)22(3)16-26/h6-18H,19H2,1-5H3,(H,33,36)/b32-18-. The number of para-hydroxylation sites is 1. The maximum Gasteiger partial charge on any atom is 0.264 e. The number of aryl methyl sites for hydroxylation is 4. The van der Waals surface area contributed by atoms with E-state index in [9.17, 15) is 17.6 Å². The van der Waals surface area contributed by atoms with E-state index in [-0.39, 0.29) is 10.6 Å². The Hall–Kier alpha value is -4.24. The number of sulfonamides is 1. The van der Waals surface area contributed by atoms with Crippen LogP contribution >= 0.6 is 0 Å². The summed E-state index contributed by atoms with van der Waals surface area (Å²) in [6, 6.07) is 19.8. The second-order valence-corrected chi connectivity index (χ2v) is 11.4. The molecule has 9 heteroatoms. The van der Waals surface area contributed by atoms with Gasteiger partial charge >= 0.3 is 0 Å². The van der Waals surface area contributed by atoms with Gasteiger partial charge in [-0.2, -0.15) is 5.10 Å². The van der Waals surface area contributed by atoms with Crippen molar-refractivity contribution in [3.05, 3.63) is 112 Å². The minimum absolute atomic E-state index is 0.0496. The zero-order valence-electron chi connectivity index (χ0n) is 22.6. The van der Waals surface area contributed by atoms with E-state index < -0.39 is 28.3 Å². The van der Waals surface area contributed by atoms with Crippen molar-refractivity contribution in [2.75, 3.05) is 10.8 Å². The predicted octanol–water partition coefficient (Wildman–Crippen LogP) is 5.50. The summed E-state index contributed by atoms with van der Waals surface area (Å²) in [5, 5.41) is 4.06. The molecule has 4 aromatic rings. The number of benzene rings is 3. The Labute approximate surface area is 228 Å². The Morgan fingerprint density at radius 1 is 0.949 bits per heavy atom. The highest BCUT2D eigenvalue weighted by Gasteiger charge is 2.29. The number of amides is 1. The van der Waals surface area contributed by atoms with Crippen LogP contribution in [0.2, 0.25) is 0 Å². The number of hydrogen-bond donors (Lipinski definition) is 1. The van der Waals surface area contributed by atoms with Gasteiger partial charge in [-0.05, 0) is 88.2 Å². The molecule has 1 aromatic heterocycles. The van der Waals surface area contributed by atoms with Crippen molar-refractivity contribution in [3.63, 3.8) is 0 Å². The zero-order valence-corrected chi connectivity index (χ0v) is 23.4. The molecule has 39 heavy (non-hydrogen) atoms. The van der Waals surface area contributed by atoms with Gasteiger partial charge in [-0.15, -0.1) is 0 Å². The molecular formula is C30H31FN4O3S. The molecule has 4 rings (SSSR count). The number of carbonyl (C=O) groups excluding carboxylic acids is 1. The topological polar surface area (TPSA) is 83.8 Å². The molecule has 0 atom stereocenters. The maximum absolute atomic E-state index is 14.7. The monoisotopic (exact) mass is 546 g/mol. The number of nitrogens with zero attached hydrogens (tertiary/aromatic N) is 3. The van der Waals surface area contributed by atoms with Crippen molar-refractivity contribution in [3.8, 4) is 5.69 Å². The lowest BCUT2D eigenvalue weighted by atomic mass is 10.1. The summed E-state index contributed by atoms with van der Waals surface area (Å²) < 4.78 is 44.4. The lowest BCUT2D eigenvalue weighted by Crippen LogP contribution is -2.40. The van der Waals surface area contributed by atoms with Gasteiger partial charge in [0.15, 0.2) is 0 Å². The third-order valence-corrected chi connectivity index (χ3v) is 8.40. The van der Waals surface area contributed by atoms with Crippen LogP contribution < -0.4 is 9.73 Å². The van der Waals surface area contributed by atoms with Gasteiger partial charge in [-0.1, -0.05) is 35.9 Å². The van der Waals surface area contributed by atoms with E-state index in [4.69, 9.17) is 0 Å². The van der Waals surface area contributed by atoms with Gasteiger partial charge in [0.25, 0.3) is 15.9 Å². The molecule has 3 aromatic carbocycles. The Morgan fingerprint density at radius 2 is 1.64 bits per heavy atom. The van der Waals surface area contributed by atoms with Gasteiger partial charge in [0, 0.05) is 22.6 Å². The molecule has 0 aliphatic heterocycles. The normalized spacial score (nSPS) is 11.6. The molecule has 0 spiro atoms. The van der Waals surface area contributed by atoms with Crippen LogP contribution in [0.5, 0.6) is 0 Å². The number of hydrogen-bond acceptors (Lipinski definition) is 4. The first-order valence-electron chi connectivity index (χ1n) is 12.4. The van der Waals surface area contributed by atoms with Crippen LogP contribution in [0, 0.1) is 40.4 Å². The molecule has 1 amide bonds. The van der Waals surface area contributed by atoms with Crippen molar-refractivity contribution in [2.45, 2.75) is 39.5 Å². The van der Waals surface area contributed by atoms with Crippen molar-refractivity contribution < 1.29 is 17.6 Å². The van der Waals surface area contributed by atoms with E-state index in [1.807, 2.05) is 26.8 Å². The van der Waals surface area contributed by atoms with E-state index in [1.165, 1.54) is 47.7 Å². The van der Waals surface area contributed by atoms with Crippen molar-refractivity contribution in [1.82, 2.24) is 9.99 Å². The zero-order chi connectivity index (χ0) is 28.3. The second-order valence-electron chi connectivity index (χ2n) is 9.50. The van der Waals surface area contributed by atoms with E-state index in [0.29, 0.717) is 0 Å². The lowest BCUT2D eigenvalue weighted by Gasteiger charge is -2.24. The van der Waals surface area contributed by atoms with Gasteiger partial charge in [0.2, 0.25) is 0 Å². The minimum atomic E-state index is -4.23. The molecule has 0 saturated heterocycles. The second kappa shape index (κ2) is 11.2. The smallest absolute Gasteiger partial charge is 0.264 e. The van der Waals surface area contributed by atoms with Crippen LogP contribution in [0.25, 0.3) is 5.69 Å².